The third-order valence-electron chi connectivity index (χ3n) is 3.01. The van der Waals surface area contributed by atoms with Crippen LogP contribution in [-0.4, -0.2) is 25.5 Å². The lowest BCUT2D eigenvalue weighted by Gasteiger charge is -2.14. The fourth-order valence-corrected chi connectivity index (χ4v) is 1.65. The summed E-state index contributed by atoms with van der Waals surface area (Å²) in [5.41, 5.74) is 0.854. The smallest absolute Gasteiger partial charge is 0.220 e. The van der Waals surface area contributed by atoms with Gasteiger partial charge >= 0.3 is 0 Å². The first-order valence-corrected chi connectivity index (χ1v) is 6.22. The van der Waals surface area contributed by atoms with E-state index in [4.69, 9.17) is 0 Å². The third kappa shape index (κ3) is 6.55. The summed E-state index contributed by atoms with van der Waals surface area (Å²) in [5.74, 6) is -0.247. The molecule has 1 aromatic carbocycles. The summed E-state index contributed by atoms with van der Waals surface area (Å²) in [6.07, 6.45) is 0.375. The zero-order valence-electron chi connectivity index (χ0n) is 11.6. The van der Waals surface area contributed by atoms with Gasteiger partial charge < -0.3 is 10.6 Å². The maximum Gasteiger partial charge on any atom is 0.220 e. The predicted molar refractivity (Wildman–Crippen MR) is 78.2 cm³/mol. The fraction of sp³-hybridized carbons (Fsp3) is 0.500. The molecule has 19 heavy (non-hydrogen) atoms. The molecule has 0 aliphatic carbocycles. The fourth-order valence-electron chi connectivity index (χ4n) is 1.65. The first-order chi connectivity index (χ1) is 8.52. The molecule has 0 aliphatic rings. The largest absolute Gasteiger partial charge is 0.355 e. The maximum atomic E-state index is 13.1. The Morgan fingerprint density at radius 1 is 1.37 bits per heavy atom. The average Bonchev–Trinajstić information content (AvgIpc) is 2.35. The van der Waals surface area contributed by atoms with Crippen molar-refractivity contribution < 1.29 is 9.18 Å². The molecule has 108 valence electrons. The number of benzene rings is 1. The summed E-state index contributed by atoms with van der Waals surface area (Å²) in [6, 6.07) is 6.65. The summed E-state index contributed by atoms with van der Waals surface area (Å²) >= 11 is 0. The number of nitrogens with one attached hydrogen (secondary N) is 2. The Hall–Kier alpha value is -1.13. The Morgan fingerprint density at radius 3 is 2.63 bits per heavy atom. The molecule has 2 atom stereocenters. The van der Waals surface area contributed by atoms with E-state index in [1.54, 1.807) is 6.07 Å². The molecule has 5 heteroatoms. The molecule has 0 spiro atoms. The highest BCUT2D eigenvalue weighted by Crippen LogP contribution is 2.19. The van der Waals surface area contributed by atoms with Gasteiger partial charge in [-0.1, -0.05) is 19.1 Å². The van der Waals surface area contributed by atoms with Crippen molar-refractivity contribution in [3.8, 4) is 0 Å². The van der Waals surface area contributed by atoms with E-state index in [0.29, 0.717) is 13.0 Å². The molecule has 0 heterocycles. The number of hydrogen-bond donors (Lipinski definition) is 2. The van der Waals surface area contributed by atoms with E-state index >= 15 is 0 Å². The first kappa shape index (κ1) is 17.9. The van der Waals surface area contributed by atoms with Crippen molar-refractivity contribution in [2.24, 2.45) is 0 Å². The van der Waals surface area contributed by atoms with Crippen LogP contribution >= 0.6 is 12.4 Å². The number of rotatable bonds is 6. The van der Waals surface area contributed by atoms with Gasteiger partial charge in [-0.05, 0) is 37.6 Å². The van der Waals surface area contributed by atoms with E-state index in [1.807, 2.05) is 27.0 Å². The van der Waals surface area contributed by atoms with Crippen molar-refractivity contribution >= 4 is 18.3 Å². The SMILES string of the molecule is CNC(C)CNC(=O)CC(C)c1cccc(F)c1.Cl. The van der Waals surface area contributed by atoms with Crippen LogP contribution in [0.5, 0.6) is 0 Å². The van der Waals surface area contributed by atoms with Gasteiger partial charge in [0.15, 0.2) is 0 Å². The predicted octanol–water partition coefficient (Wildman–Crippen LogP) is 2.47. The molecule has 2 unspecified atom stereocenters. The molecule has 1 amide bonds. The maximum absolute atomic E-state index is 13.1. The van der Waals surface area contributed by atoms with Crippen molar-refractivity contribution in [2.75, 3.05) is 13.6 Å². The number of carbonyl (C=O) groups excluding carboxylic acids is 1. The quantitative estimate of drug-likeness (QED) is 0.844. The van der Waals surface area contributed by atoms with Crippen molar-refractivity contribution in [3.63, 3.8) is 0 Å². The van der Waals surface area contributed by atoms with Crippen molar-refractivity contribution in [3.05, 3.63) is 35.6 Å². The minimum Gasteiger partial charge on any atom is -0.355 e. The molecule has 0 saturated heterocycles. The van der Waals surface area contributed by atoms with Crippen LogP contribution in [0, 0.1) is 5.82 Å². The number of likely N-dealkylation sites (N-methyl/N-ethyl adjacent to an activating group) is 1. The summed E-state index contributed by atoms with van der Waals surface area (Å²) < 4.78 is 13.1. The molecule has 0 radical (unpaired) electrons. The summed E-state index contributed by atoms with van der Waals surface area (Å²) in [4.78, 5) is 11.7. The van der Waals surface area contributed by atoms with Crippen LogP contribution in [-0.2, 0) is 4.79 Å². The Bertz CT molecular complexity index is 401. The molecule has 0 bridgehead atoms. The number of halogens is 2. The molecular weight excluding hydrogens is 267 g/mol. The van der Waals surface area contributed by atoms with Gasteiger partial charge in [0.2, 0.25) is 5.91 Å². The molecule has 2 N–H and O–H groups in total. The highest BCUT2D eigenvalue weighted by Gasteiger charge is 2.12. The molecule has 1 aromatic rings. The van der Waals surface area contributed by atoms with Gasteiger partial charge in [-0.3, -0.25) is 4.79 Å². The van der Waals surface area contributed by atoms with Gasteiger partial charge in [0, 0.05) is 19.0 Å². The van der Waals surface area contributed by atoms with E-state index in [-0.39, 0.29) is 36.1 Å². The Labute approximate surface area is 120 Å². The van der Waals surface area contributed by atoms with Crippen molar-refractivity contribution in [1.29, 1.82) is 0 Å². The van der Waals surface area contributed by atoms with E-state index < -0.39 is 0 Å². The van der Waals surface area contributed by atoms with Crippen LogP contribution in [0.1, 0.15) is 31.7 Å². The van der Waals surface area contributed by atoms with Gasteiger partial charge in [-0.25, -0.2) is 4.39 Å². The molecule has 0 aromatic heterocycles. The zero-order valence-corrected chi connectivity index (χ0v) is 12.4. The van der Waals surface area contributed by atoms with Crippen molar-refractivity contribution in [2.45, 2.75) is 32.2 Å². The third-order valence-corrected chi connectivity index (χ3v) is 3.01. The molecule has 0 saturated carbocycles. The van der Waals surface area contributed by atoms with Crippen LogP contribution in [0.2, 0.25) is 0 Å². The van der Waals surface area contributed by atoms with Crippen LogP contribution in [0.4, 0.5) is 4.39 Å². The number of carbonyl (C=O) groups is 1. The minimum absolute atomic E-state index is 0. The van der Waals surface area contributed by atoms with Gasteiger partial charge in [-0.15, -0.1) is 12.4 Å². The van der Waals surface area contributed by atoms with Crippen LogP contribution < -0.4 is 10.6 Å². The summed E-state index contributed by atoms with van der Waals surface area (Å²) in [7, 11) is 1.85. The molecular formula is C14H22ClFN2O. The Morgan fingerprint density at radius 2 is 2.05 bits per heavy atom. The lowest BCUT2D eigenvalue weighted by molar-refractivity contribution is -0.121. The first-order valence-electron chi connectivity index (χ1n) is 6.22. The van der Waals surface area contributed by atoms with Crippen molar-refractivity contribution in [1.82, 2.24) is 10.6 Å². The Kier molecular flexibility index (Phi) is 8.35. The molecule has 0 aliphatic heterocycles. The standard InChI is InChI=1S/C14H21FN2O.ClH/c1-10(12-5-4-6-13(15)8-12)7-14(18)17-9-11(2)16-3;/h4-6,8,10-11,16H,7,9H2,1-3H3,(H,17,18);1H. The lowest BCUT2D eigenvalue weighted by atomic mass is 9.97. The van der Waals surface area contributed by atoms with Crippen LogP contribution in [0.25, 0.3) is 0 Å². The Balaban J connectivity index is 0.00000324. The minimum atomic E-state index is -0.261. The number of hydrogen-bond acceptors (Lipinski definition) is 2. The van der Waals surface area contributed by atoms with E-state index in [2.05, 4.69) is 10.6 Å². The van der Waals surface area contributed by atoms with E-state index in [9.17, 15) is 9.18 Å². The van der Waals surface area contributed by atoms with Gasteiger partial charge in [-0.2, -0.15) is 0 Å². The van der Waals surface area contributed by atoms with Crippen LogP contribution in [0.15, 0.2) is 24.3 Å². The zero-order chi connectivity index (χ0) is 13.5. The van der Waals surface area contributed by atoms with Gasteiger partial charge in [0.05, 0.1) is 0 Å². The van der Waals surface area contributed by atoms with Gasteiger partial charge in [0.1, 0.15) is 5.82 Å². The summed E-state index contributed by atoms with van der Waals surface area (Å²) in [6.45, 7) is 4.53. The molecule has 0 fully saturated rings. The monoisotopic (exact) mass is 288 g/mol. The second kappa shape index (κ2) is 8.88. The molecule has 1 rings (SSSR count). The van der Waals surface area contributed by atoms with Crippen LogP contribution in [0.3, 0.4) is 0 Å². The normalized spacial score (nSPS) is 13.3. The topological polar surface area (TPSA) is 41.1 Å². The second-order valence-electron chi connectivity index (χ2n) is 4.65. The average molecular weight is 289 g/mol. The highest BCUT2D eigenvalue weighted by molar-refractivity contribution is 5.85. The molecule has 3 nitrogen and oxygen atoms in total. The number of amides is 1. The lowest BCUT2D eigenvalue weighted by Crippen LogP contribution is -2.37. The van der Waals surface area contributed by atoms with E-state index in [1.165, 1.54) is 12.1 Å². The summed E-state index contributed by atoms with van der Waals surface area (Å²) in [5, 5.41) is 5.90. The second-order valence-corrected chi connectivity index (χ2v) is 4.65. The highest BCUT2D eigenvalue weighted by atomic mass is 35.5. The van der Waals surface area contributed by atoms with E-state index in [0.717, 1.165) is 5.56 Å². The van der Waals surface area contributed by atoms with Gasteiger partial charge in [0.25, 0.3) is 0 Å².